The lowest BCUT2D eigenvalue weighted by molar-refractivity contribution is 1.05. The van der Waals surface area contributed by atoms with Crippen molar-refractivity contribution in [2.24, 2.45) is 0 Å². The summed E-state index contributed by atoms with van der Waals surface area (Å²) >= 11 is 0. The Morgan fingerprint density at radius 3 is 0.841 bits per heavy atom. The average Bonchev–Trinajstić information content (AvgIpc) is 2.56. The number of rotatable bonds is 7. The van der Waals surface area contributed by atoms with Crippen LogP contribution in [0.25, 0.3) is 111 Å². The Labute approximate surface area is 468 Å². The summed E-state index contributed by atoms with van der Waals surface area (Å²) in [7, 11) is 0. The predicted octanol–water partition coefficient (Wildman–Crippen LogP) is 14.5. The van der Waals surface area contributed by atoms with E-state index in [0.717, 1.165) is 21.5 Å². The van der Waals surface area contributed by atoms with Gasteiger partial charge in [0.2, 0.25) is 0 Å². The van der Waals surface area contributed by atoms with E-state index in [4.69, 9.17) is 9.97 Å². The third-order valence-corrected chi connectivity index (χ3v) is 14.8. The van der Waals surface area contributed by atoms with Crippen LogP contribution < -0.4 is 0 Å². The van der Waals surface area contributed by atoms with Crippen LogP contribution in [-0.4, -0.2) is 19.1 Å². The Hall–Kier alpha value is -12.9. The lowest BCUT2D eigenvalue weighted by atomic mass is 9.96. The van der Waals surface area contributed by atoms with Crippen molar-refractivity contribution in [1.82, 2.24) is 19.1 Å². The van der Waals surface area contributed by atoms with Gasteiger partial charge in [-0.3, -0.25) is 0 Å². The summed E-state index contributed by atoms with van der Waals surface area (Å²) in [4.78, 5) is 9.95. The Morgan fingerprint density at radius 1 is 0.293 bits per heavy atom. The summed E-state index contributed by atoms with van der Waals surface area (Å²) in [6.45, 7) is 3.76. The van der Waals surface area contributed by atoms with Crippen molar-refractivity contribution in [1.29, 1.82) is 47.4 Å². The molecule has 0 radical (unpaired) electrons. The summed E-state index contributed by atoms with van der Waals surface area (Å²) < 4.78 is 3.99. The number of hydrogen-bond acceptors (Lipinski definition) is 11. The van der Waals surface area contributed by atoms with E-state index in [1.54, 1.807) is 72.8 Å². The van der Waals surface area contributed by atoms with Gasteiger partial charge in [-0.1, -0.05) is 72.8 Å². The Morgan fingerprint density at radius 2 is 0.585 bits per heavy atom. The van der Waals surface area contributed by atoms with Gasteiger partial charge in [0.1, 0.15) is 11.6 Å². The lowest BCUT2D eigenvalue weighted by Crippen LogP contribution is -2.06. The van der Waals surface area contributed by atoms with Gasteiger partial charge in [-0.05, 0) is 149 Å². The first-order valence-electron chi connectivity index (χ1n) is 25.4. The van der Waals surface area contributed by atoms with Gasteiger partial charge >= 0.3 is 0 Å². The Balaban J connectivity index is 1.25. The molecule has 0 unspecified atom stereocenters. The number of aromatic nitrogens is 4. The van der Waals surface area contributed by atoms with Gasteiger partial charge in [-0.25, -0.2) is 9.97 Å². The zero-order valence-electron chi connectivity index (χ0n) is 43.4. The zero-order chi connectivity index (χ0) is 56.9. The van der Waals surface area contributed by atoms with Crippen molar-refractivity contribution in [3.8, 4) is 122 Å². The van der Waals surface area contributed by atoms with Gasteiger partial charge in [0.15, 0.2) is 5.82 Å². The standard InChI is InChI=1S/C69H33N13/c1-39-19-40(2)80-69(79-39)49-28-67(81-63-24-45(54-11-3-41(30-70)20-50(54)34-74)7-15-58(63)59-16-8-46(25-64(59)81)55-12-4-42(31-71)21-51(55)35-75)62(38-78)68(29-49)82-65-26-47(56-13-5-43(32-72)22-52(56)36-76)9-17-60(65)61-18-10-48(27-66(61)82)57-14-6-44(33-73)23-53(57)37-77/h3-29H,1-2H3. The zero-order valence-corrected chi connectivity index (χ0v) is 43.4. The highest BCUT2D eigenvalue weighted by Gasteiger charge is 2.26. The van der Waals surface area contributed by atoms with Crippen molar-refractivity contribution in [3.63, 3.8) is 0 Å². The number of nitriles is 9. The van der Waals surface area contributed by atoms with Crippen LogP contribution in [0.15, 0.2) is 164 Å². The van der Waals surface area contributed by atoms with Gasteiger partial charge in [-0.2, -0.15) is 47.4 Å². The molecule has 0 fully saturated rings. The minimum Gasteiger partial charge on any atom is -0.308 e. The highest BCUT2D eigenvalue weighted by molar-refractivity contribution is 6.13. The maximum absolute atomic E-state index is 12.1. The molecular weight excluding hydrogens is 1010 g/mol. The minimum absolute atomic E-state index is 0.205. The van der Waals surface area contributed by atoms with Crippen molar-refractivity contribution in [3.05, 3.63) is 225 Å². The fourth-order valence-electron chi connectivity index (χ4n) is 11.1. The summed E-state index contributed by atoms with van der Waals surface area (Å²) in [5, 5.41) is 96.2. The molecule has 0 N–H and O–H groups in total. The fourth-order valence-corrected chi connectivity index (χ4v) is 11.1. The van der Waals surface area contributed by atoms with Crippen LogP contribution in [0.2, 0.25) is 0 Å². The van der Waals surface area contributed by atoms with E-state index in [-0.39, 0.29) is 27.8 Å². The first-order valence-corrected chi connectivity index (χ1v) is 25.4. The number of fused-ring (bicyclic) bond motifs is 6. The highest BCUT2D eigenvalue weighted by Crippen LogP contribution is 2.44. The molecule has 9 aromatic carbocycles. The molecule has 0 saturated carbocycles. The number of nitrogens with zero attached hydrogens (tertiary/aromatic N) is 13. The molecule has 13 nitrogen and oxygen atoms in total. The maximum atomic E-state index is 12.1. The van der Waals surface area contributed by atoms with Crippen LogP contribution in [-0.2, 0) is 0 Å². The van der Waals surface area contributed by atoms with E-state index in [0.29, 0.717) is 123 Å². The van der Waals surface area contributed by atoms with Crippen LogP contribution in [0.1, 0.15) is 61.5 Å². The second-order valence-corrected chi connectivity index (χ2v) is 19.5. The van der Waals surface area contributed by atoms with Gasteiger partial charge in [0, 0.05) is 38.5 Å². The van der Waals surface area contributed by atoms with E-state index in [1.807, 2.05) is 114 Å². The van der Waals surface area contributed by atoms with E-state index < -0.39 is 0 Å². The largest absolute Gasteiger partial charge is 0.308 e. The molecule has 0 aliphatic rings. The molecule has 0 spiro atoms. The summed E-state index contributed by atoms with van der Waals surface area (Å²) in [6, 6.07) is 69.0. The van der Waals surface area contributed by atoms with Gasteiger partial charge in [0.25, 0.3) is 0 Å². The van der Waals surface area contributed by atoms with Crippen LogP contribution >= 0.6 is 0 Å². The van der Waals surface area contributed by atoms with E-state index >= 15 is 0 Å². The predicted molar refractivity (Wildman–Crippen MR) is 310 cm³/mol. The third kappa shape index (κ3) is 8.19. The number of hydrogen-bond donors (Lipinski definition) is 0. The first-order chi connectivity index (χ1) is 40.0. The van der Waals surface area contributed by atoms with Crippen molar-refractivity contribution in [2.45, 2.75) is 13.8 Å². The molecule has 0 aliphatic carbocycles. The summed E-state index contributed by atoms with van der Waals surface area (Å²) in [6.07, 6.45) is 0. The normalized spacial score (nSPS) is 10.7. The highest BCUT2D eigenvalue weighted by atomic mass is 15.0. The topological polar surface area (TPSA) is 250 Å². The molecule has 374 valence electrons. The average molecular weight is 1040 g/mol. The monoisotopic (exact) mass is 1040 g/mol. The number of aryl methyl sites for hydroxylation is 2. The Bertz CT molecular complexity index is 4680. The second-order valence-electron chi connectivity index (χ2n) is 19.5. The van der Waals surface area contributed by atoms with Crippen molar-refractivity contribution in [2.75, 3.05) is 0 Å². The quantitative estimate of drug-likeness (QED) is 0.145. The van der Waals surface area contributed by atoms with Crippen LogP contribution in [0.3, 0.4) is 0 Å². The van der Waals surface area contributed by atoms with E-state index in [2.05, 4.69) is 54.6 Å². The first kappa shape index (κ1) is 49.9. The summed E-state index contributed by atoms with van der Waals surface area (Å²) in [5.74, 6) is 0.369. The van der Waals surface area contributed by atoms with E-state index in [1.165, 1.54) is 0 Å². The second kappa shape index (κ2) is 19.9. The molecule has 3 aromatic heterocycles. The fraction of sp³-hybridized carbons (Fsp3) is 0.0290. The molecule has 13 heteroatoms. The van der Waals surface area contributed by atoms with Crippen molar-refractivity contribution < 1.29 is 0 Å². The molecule has 12 aromatic rings. The smallest absolute Gasteiger partial charge is 0.159 e. The van der Waals surface area contributed by atoms with Gasteiger partial charge < -0.3 is 9.13 Å². The van der Waals surface area contributed by atoms with Crippen LogP contribution in [0, 0.1) is 116 Å². The van der Waals surface area contributed by atoms with Gasteiger partial charge in [0.05, 0.1) is 127 Å². The SMILES string of the molecule is Cc1cc(C)nc(-c2cc(-n3c4cc(-c5ccc(C#N)cc5C#N)ccc4c4ccc(-c5ccc(C#N)cc5C#N)cc43)c(C#N)c(-n3c4cc(-c5ccc(C#N)cc5C#N)ccc4c4ccc(-c5ccc(C#N)cc5C#N)cc43)c2)n1. The van der Waals surface area contributed by atoms with Crippen LogP contribution in [0.5, 0.6) is 0 Å². The minimum atomic E-state index is 0.205. The molecule has 0 aliphatic heterocycles. The molecule has 82 heavy (non-hydrogen) atoms. The molecule has 0 bridgehead atoms. The van der Waals surface area contributed by atoms with E-state index in [9.17, 15) is 47.4 Å². The van der Waals surface area contributed by atoms with Crippen molar-refractivity contribution >= 4 is 43.6 Å². The lowest BCUT2D eigenvalue weighted by Gasteiger charge is -2.19. The van der Waals surface area contributed by atoms with Crippen LogP contribution in [0.4, 0.5) is 0 Å². The molecule has 0 saturated heterocycles. The summed E-state index contributed by atoms with van der Waals surface area (Å²) in [5.41, 5.74) is 12.9. The molecular formula is C69H33N13. The molecule has 0 atom stereocenters. The Kier molecular flexibility index (Phi) is 12.1. The molecule has 3 heterocycles. The maximum Gasteiger partial charge on any atom is 0.159 e. The molecule has 0 amide bonds. The number of benzene rings is 9. The van der Waals surface area contributed by atoms with Gasteiger partial charge in [-0.15, -0.1) is 0 Å². The third-order valence-electron chi connectivity index (χ3n) is 14.8. The molecule has 12 rings (SSSR count).